The van der Waals surface area contributed by atoms with Crippen molar-refractivity contribution in [3.8, 4) is 0 Å². The Morgan fingerprint density at radius 3 is 3.00 bits per heavy atom. The van der Waals surface area contributed by atoms with Gasteiger partial charge in [0.25, 0.3) is 0 Å². The molecule has 3 heterocycles. The molecule has 3 rings (SSSR count). The predicted molar refractivity (Wildman–Crippen MR) is 82.0 cm³/mol. The molecule has 2 aliphatic heterocycles. The molecule has 2 saturated heterocycles. The minimum Gasteiger partial charge on any atom is -0.396 e. The number of hydrogen-bond donors (Lipinski definition) is 1. The van der Waals surface area contributed by atoms with Crippen LogP contribution in [0.25, 0.3) is 0 Å². The van der Waals surface area contributed by atoms with E-state index in [0.29, 0.717) is 5.92 Å². The van der Waals surface area contributed by atoms with Crippen molar-refractivity contribution in [1.82, 2.24) is 14.8 Å². The Bertz CT molecular complexity index is 533. The van der Waals surface area contributed by atoms with Gasteiger partial charge in [-0.1, -0.05) is 0 Å². The zero-order valence-corrected chi connectivity index (χ0v) is 13.5. The van der Waals surface area contributed by atoms with E-state index in [4.69, 9.17) is 0 Å². The van der Waals surface area contributed by atoms with Crippen LogP contribution >= 0.6 is 11.3 Å². The second-order valence-electron chi connectivity index (χ2n) is 6.46. The van der Waals surface area contributed by atoms with Crippen LogP contribution in [-0.4, -0.2) is 58.6 Å². The van der Waals surface area contributed by atoms with Crippen LogP contribution in [0.4, 0.5) is 0 Å². The normalized spacial score (nSPS) is 29.7. The fourth-order valence-electron chi connectivity index (χ4n) is 3.74. The first-order chi connectivity index (χ1) is 10.0. The molecule has 1 aromatic heterocycles. The van der Waals surface area contributed by atoms with Crippen LogP contribution in [0.5, 0.6) is 0 Å². The Morgan fingerprint density at radius 2 is 2.38 bits per heavy atom. The van der Waals surface area contributed by atoms with Crippen molar-refractivity contribution in [2.24, 2.45) is 11.3 Å². The molecule has 0 radical (unpaired) electrons. The van der Waals surface area contributed by atoms with Crippen LogP contribution in [0.2, 0.25) is 0 Å². The lowest BCUT2D eigenvalue weighted by molar-refractivity contribution is -0.133. The summed E-state index contributed by atoms with van der Waals surface area (Å²) in [6.45, 7) is 8.27. The van der Waals surface area contributed by atoms with Gasteiger partial charge in [-0.05, 0) is 19.3 Å². The third-order valence-corrected chi connectivity index (χ3v) is 6.10. The number of hydrogen-bond acceptors (Lipinski definition) is 5. The number of carbonyl (C=O) groups excluding carboxylic acids is 1. The highest BCUT2D eigenvalue weighted by Crippen LogP contribution is 2.43. The quantitative estimate of drug-likeness (QED) is 0.909. The molecule has 2 fully saturated rings. The van der Waals surface area contributed by atoms with E-state index in [1.165, 1.54) is 4.88 Å². The fourth-order valence-corrected chi connectivity index (χ4v) is 4.56. The van der Waals surface area contributed by atoms with Crippen molar-refractivity contribution >= 4 is 17.2 Å². The summed E-state index contributed by atoms with van der Waals surface area (Å²) in [7, 11) is 0. The number of likely N-dealkylation sites (tertiary alicyclic amines) is 2. The van der Waals surface area contributed by atoms with Crippen molar-refractivity contribution in [2.75, 3.05) is 32.8 Å². The van der Waals surface area contributed by atoms with Gasteiger partial charge in [-0.2, -0.15) is 0 Å². The molecule has 1 N–H and O–H groups in total. The fraction of sp³-hybridized carbons (Fsp3) is 0.733. The Kier molecular flexibility index (Phi) is 4.03. The lowest BCUT2D eigenvalue weighted by atomic mass is 9.73. The molecule has 2 atom stereocenters. The van der Waals surface area contributed by atoms with Gasteiger partial charge in [-0.15, -0.1) is 11.3 Å². The summed E-state index contributed by atoms with van der Waals surface area (Å²) >= 11 is 1.70. The van der Waals surface area contributed by atoms with Gasteiger partial charge in [-0.25, -0.2) is 4.98 Å². The Morgan fingerprint density at radius 1 is 1.57 bits per heavy atom. The van der Waals surface area contributed by atoms with E-state index in [9.17, 15) is 9.90 Å². The van der Waals surface area contributed by atoms with E-state index in [2.05, 4.69) is 9.88 Å². The lowest BCUT2D eigenvalue weighted by Crippen LogP contribution is -2.50. The summed E-state index contributed by atoms with van der Waals surface area (Å²) in [5, 5.41) is 9.94. The number of fused-ring (bicyclic) bond motifs is 1. The molecule has 116 valence electrons. The van der Waals surface area contributed by atoms with Crippen molar-refractivity contribution in [2.45, 2.75) is 26.8 Å². The summed E-state index contributed by atoms with van der Waals surface area (Å²) in [5.74, 6) is 0.534. The van der Waals surface area contributed by atoms with Gasteiger partial charge >= 0.3 is 0 Å². The van der Waals surface area contributed by atoms with Crippen LogP contribution in [0.15, 0.2) is 5.51 Å². The first kappa shape index (κ1) is 14.9. The molecule has 0 unspecified atom stereocenters. The molecule has 5 nitrogen and oxygen atoms in total. The van der Waals surface area contributed by atoms with Crippen molar-refractivity contribution in [3.05, 3.63) is 16.1 Å². The zero-order valence-electron chi connectivity index (χ0n) is 12.7. The third kappa shape index (κ3) is 2.72. The van der Waals surface area contributed by atoms with Gasteiger partial charge in [0.1, 0.15) is 0 Å². The van der Waals surface area contributed by atoms with Crippen LogP contribution in [-0.2, 0) is 11.3 Å². The van der Waals surface area contributed by atoms with Crippen LogP contribution in [0, 0.1) is 18.3 Å². The van der Waals surface area contributed by atoms with E-state index in [1.807, 2.05) is 17.3 Å². The molecule has 0 aliphatic carbocycles. The molecule has 6 heteroatoms. The molecule has 0 saturated carbocycles. The highest BCUT2D eigenvalue weighted by molar-refractivity contribution is 7.09. The summed E-state index contributed by atoms with van der Waals surface area (Å²) in [4.78, 5) is 21.6. The molecule has 0 spiro atoms. The number of rotatable bonds is 3. The number of aryl methyl sites for hydroxylation is 1. The van der Waals surface area contributed by atoms with Crippen molar-refractivity contribution in [1.29, 1.82) is 0 Å². The van der Waals surface area contributed by atoms with Gasteiger partial charge < -0.3 is 10.0 Å². The lowest BCUT2D eigenvalue weighted by Gasteiger charge is -2.42. The Balaban J connectivity index is 1.72. The average molecular weight is 309 g/mol. The summed E-state index contributed by atoms with van der Waals surface area (Å²) in [5.41, 5.74) is 2.98. The van der Waals surface area contributed by atoms with Gasteiger partial charge in [0, 0.05) is 49.9 Å². The number of carbonyl (C=O) groups is 1. The maximum absolute atomic E-state index is 11.6. The molecule has 0 bridgehead atoms. The second-order valence-corrected chi connectivity index (χ2v) is 7.40. The minimum atomic E-state index is -0.0233. The van der Waals surface area contributed by atoms with Gasteiger partial charge in [0.15, 0.2) is 0 Å². The maximum atomic E-state index is 11.6. The topological polar surface area (TPSA) is 56.7 Å². The molecule has 0 aromatic carbocycles. The van der Waals surface area contributed by atoms with Gasteiger partial charge in [0.05, 0.1) is 17.8 Å². The second kappa shape index (κ2) is 5.66. The monoisotopic (exact) mass is 309 g/mol. The van der Waals surface area contributed by atoms with Crippen LogP contribution in [0.3, 0.4) is 0 Å². The first-order valence-electron chi connectivity index (χ1n) is 7.52. The number of aliphatic hydroxyl groups excluding tert-OH is 1. The molecule has 21 heavy (non-hydrogen) atoms. The summed E-state index contributed by atoms with van der Waals surface area (Å²) in [6, 6.07) is 0. The van der Waals surface area contributed by atoms with Crippen molar-refractivity contribution in [3.63, 3.8) is 0 Å². The molecule has 1 aromatic rings. The minimum absolute atomic E-state index is 0.0233. The van der Waals surface area contributed by atoms with E-state index in [0.717, 1.165) is 44.8 Å². The number of nitrogens with zero attached hydrogens (tertiary/aromatic N) is 3. The standard InChI is InChI=1S/C15H23N3O2S/c1-11-14(21-10-16-11)7-17-5-13-6-18(12(2)20)4-3-15(13,8-17)9-19/h10,13,19H,3-9H2,1-2H3/t13-,15-/m0/s1. The van der Waals surface area contributed by atoms with Gasteiger partial charge in [-0.3, -0.25) is 9.69 Å². The maximum Gasteiger partial charge on any atom is 0.219 e. The van der Waals surface area contributed by atoms with Crippen LogP contribution in [0.1, 0.15) is 23.9 Å². The first-order valence-corrected chi connectivity index (χ1v) is 8.40. The number of aromatic nitrogens is 1. The third-order valence-electron chi connectivity index (χ3n) is 5.18. The van der Waals surface area contributed by atoms with Crippen molar-refractivity contribution < 1.29 is 9.90 Å². The Hall–Kier alpha value is -0.980. The Labute approximate surface area is 129 Å². The summed E-state index contributed by atoms with van der Waals surface area (Å²) < 4.78 is 0. The number of aliphatic hydroxyl groups is 1. The molecule has 2 aliphatic rings. The predicted octanol–water partition coefficient (Wildman–Crippen LogP) is 1.11. The number of thiazole rings is 1. The van der Waals surface area contributed by atoms with Gasteiger partial charge in [0.2, 0.25) is 5.91 Å². The number of piperidine rings is 1. The largest absolute Gasteiger partial charge is 0.396 e. The van der Waals surface area contributed by atoms with E-state index < -0.39 is 0 Å². The SMILES string of the molecule is CC(=O)N1CC[C@@]2(CO)CN(Cc3scnc3C)C[C@H]2C1. The number of amides is 1. The molecule has 1 amide bonds. The highest BCUT2D eigenvalue weighted by atomic mass is 32.1. The van der Waals surface area contributed by atoms with E-state index in [-0.39, 0.29) is 17.9 Å². The highest BCUT2D eigenvalue weighted by Gasteiger charge is 2.49. The average Bonchev–Trinajstić information content (AvgIpc) is 3.02. The molecular formula is C15H23N3O2S. The zero-order chi connectivity index (χ0) is 15.0. The van der Waals surface area contributed by atoms with E-state index in [1.54, 1.807) is 18.3 Å². The van der Waals surface area contributed by atoms with E-state index >= 15 is 0 Å². The van der Waals surface area contributed by atoms with Crippen LogP contribution < -0.4 is 0 Å². The smallest absolute Gasteiger partial charge is 0.219 e. The summed E-state index contributed by atoms with van der Waals surface area (Å²) in [6.07, 6.45) is 0.909. The molecular weight excluding hydrogens is 286 g/mol.